The van der Waals surface area contributed by atoms with E-state index in [1.165, 1.54) is 0 Å². The first kappa shape index (κ1) is 35.7. The van der Waals surface area contributed by atoms with Crippen molar-refractivity contribution in [2.45, 2.75) is 25.7 Å². The Morgan fingerprint density at radius 1 is 0.412 bits per heavy atom. The Morgan fingerprint density at radius 2 is 0.588 bits per heavy atom. The molecule has 0 fully saturated rings. The van der Waals surface area contributed by atoms with E-state index in [9.17, 15) is 33.7 Å². The van der Waals surface area contributed by atoms with Crippen molar-refractivity contribution >= 4 is 40.5 Å². The van der Waals surface area contributed by atoms with Crippen LogP contribution < -0.4 is 10.6 Å². The largest absolute Gasteiger partial charge is 0.317 e. The lowest BCUT2D eigenvalue weighted by atomic mass is 10.4. The van der Waals surface area contributed by atoms with Crippen LogP contribution in [0.25, 0.3) is 0 Å². The summed E-state index contributed by atoms with van der Waals surface area (Å²) < 4.78 is 103. The van der Waals surface area contributed by atoms with Crippen LogP contribution in [0.2, 0.25) is 0 Å². The van der Waals surface area contributed by atoms with Gasteiger partial charge in [-0.25, -0.2) is 0 Å². The smallest absolute Gasteiger partial charge is 0.264 e. The molecular weight excluding hydrogens is 540 g/mol. The van der Waals surface area contributed by atoms with Gasteiger partial charge in [0.1, 0.15) is 0 Å². The van der Waals surface area contributed by atoms with Crippen LogP contribution in [-0.2, 0) is 57.2 Å². The van der Waals surface area contributed by atoms with Crippen molar-refractivity contribution in [1.82, 2.24) is 10.6 Å². The van der Waals surface area contributed by atoms with E-state index in [4.69, 9.17) is 0 Å². The minimum absolute atomic E-state index is 0.145. The van der Waals surface area contributed by atoms with Crippen LogP contribution in [0.1, 0.15) is 25.7 Å². The first-order valence-electron chi connectivity index (χ1n) is 10.2. The van der Waals surface area contributed by atoms with Gasteiger partial charge in [-0.05, 0) is 51.9 Å². The molecule has 0 aromatic heterocycles. The molecule has 0 saturated heterocycles. The molecule has 208 valence electrons. The summed E-state index contributed by atoms with van der Waals surface area (Å²) in [6, 6.07) is 0. The van der Waals surface area contributed by atoms with Gasteiger partial charge < -0.3 is 10.6 Å². The SMILES string of the molecule is CS(=O)(=O)OCCCNCCCOS(C)(=O)=O.CS(=O)(=O)OCCCNCCCOS(C)(=O)=O. The van der Waals surface area contributed by atoms with Gasteiger partial charge >= 0.3 is 0 Å². The summed E-state index contributed by atoms with van der Waals surface area (Å²) in [6.45, 7) is 3.00. The van der Waals surface area contributed by atoms with E-state index in [2.05, 4.69) is 27.4 Å². The fourth-order valence-electron chi connectivity index (χ4n) is 1.88. The summed E-state index contributed by atoms with van der Waals surface area (Å²) in [5.41, 5.74) is 0. The Kier molecular flexibility index (Phi) is 19.7. The zero-order chi connectivity index (χ0) is 26.7. The lowest BCUT2D eigenvalue weighted by molar-refractivity contribution is 0.302. The second-order valence-corrected chi connectivity index (χ2v) is 13.6. The van der Waals surface area contributed by atoms with Crippen LogP contribution in [0, 0.1) is 0 Å². The van der Waals surface area contributed by atoms with Crippen molar-refractivity contribution in [2.24, 2.45) is 0 Å². The number of nitrogens with one attached hydrogen (secondary N) is 2. The maximum atomic E-state index is 10.6. The van der Waals surface area contributed by atoms with Crippen LogP contribution in [0.4, 0.5) is 0 Å². The molecule has 0 heterocycles. The highest BCUT2D eigenvalue weighted by atomic mass is 32.2. The third-order valence-electron chi connectivity index (χ3n) is 3.18. The van der Waals surface area contributed by atoms with Crippen LogP contribution in [-0.4, -0.2) is 111 Å². The van der Waals surface area contributed by atoms with Gasteiger partial charge in [-0.1, -0.05) is 0 Å². The van der Waals surface area contributed by atoms with E-state index in [-0.39, 0.29) is 26.4 Å². The average Bonchev–Trinajstić information content (AvgIpc) is 2.62. The van der Waals surface area contributed by atoms with Crippen LogP contribution in [0.15, 0.2) is 0 Å². The number of hydrogen-bond acceptors (Lipinski definition) is 14. The molecule has 2 N–H and O–H groups in total. The lowest BCUT2D eigenvalue weighted by Gasteiger charge is -2.04. The zero-order valence-corrected chi connectivity index (χ0v) is 23.3. The second-order valence-electron chi connectivity index (χ2n) is 7.02. The fraction of sp³-hybridized carbons (Fsp3) is 1.00. The topological polar surface area (TPSA) is 198 Å². The highest BCUT2D eigenvalue weighted by Crippen LogP contribution is 1.92. The van der Waals surface area contributed by atoms with Gasteiger partial charge in [0.25, 0.3) is 40.5 Å². The van der Waals surface area contributed by atoms with Crippen molar-refractivity contribution in [3.63, 3.8) is 0 Å². The number of rotatable bonds is 20. The van der Waals surface area contributed by atoms with E-state index in [1.54, 1.807) is 0 Å². The van der Waals surface area contributed by atoms with Crippen molar-refractivity contribution in [3.05, 3.63) is 0 Å². The molecule has 0 aromatic carbocycles. The summed E-state index contributed by atoms with van der Waals surface area (Å²) in [7, 11) is -13.4. The normalized spacial score (nSPS) is 12.8. The van der Waals surface area contributed by atoms with Crippen LogP contribution in [0.5, 0.6) is 0 Å². The Hall–Kier alpha value is -0.440. The van der Waals surface area contributed by atoms with E-state index in [0.29, 0.717) is 51.9 Å². The van der Waals surface area contributed by atoms with Crippen molar-refractivity contribution < 1.29 is 50.4 Å². The maximum absolute atomic E-state index is 10.6. The average molecular weight is 579 g/mol. The van der Waals surface area contributed by atoms with Gasteiger partial charge in [0, 0.05) is 0 Å². The Morgan fingerprint density at radius 3 is 0.735 bits per heavy atom. The second kappa shape index (κ2) is 18.8. The zero-order valence-electron chi connectivity index (χ0n) is 20.0. The first-order valence-corrected chi connectivity index (χ1v) is 17.5. The monoisotopic (exact) mass is 578 g/mol. The molecule has 0 amide bonds. The maximum Gasteiger partial charge on any atom is 0.264 e. The highest BCUT2D eigenvalue weighted by molar-refractivity contribution is 7.86. The molecule has 0 bridgehead atoms. The summed E-state index contributed by atoms with van der Waals surface area (Å²) in [4.78, 5) is 0. The van der Waals surface area contributed by atoms with Gasteiger partial charge in [-0.3, -0.25) is 16.7 Å². The standard InChI is InChI=1S/2C8H19NO6S2/c2*1-16(10,11)14-7-3-5-9-6-4-8-15-17(2,12)13/h2*9H,3-8H2,1-2H3. The molecule has 0 saturated carbocycles. The number of hydrogen-bond donors (Lipinski definition) is 2. The van der Waals surface area contributed by atoms with Gasteiger partial charge in [-0.15, -0.1) is 0 Å². The third-order valence-corrected chi connectivity index (χ3v) is 5.56. The minimum Gasteiger partial charge on any atom is -0.317 e. The fourth-order valence-corrected chi connectivity index (χ4v) is 3.56. The molecule has 0 aromatic rings. The van der Waals surface area contributed by atoms with Crippen molar-refractivity contribution in [1.29, 1.82) is 0 Å². The Bertz CT molecular complexity index is 778. The summed E-state index contributed by atoms with van der Waals surface area (Å²) in [6.07, 6.45) is 6.29. The van der Waals surface area contributed by atoms with Crippen LogP contribution in [0.3, 0.4) is 0 Å². The first-order chi connectivity index (χ1) is 15.4. The van der Waals surface area contributed by atoms with E-state index < -0.39 is 40.5 Å². The molecule has 0 radical (unpaired) electrons. The molecule has 0 atom stereocenters. The molecule has 0 aliphatic carbocycles. The molecular formula is C16H38N2O12S4. The van der Waals surface area contributed by atoms with E-state index >= 15 is 0 Å². The molecule has 0 rings (SSSR count). The van der Waals surface area contributed by atoms with Gasteiger partial charge in [-0.2, -0.15) is 33.7 Å². The summed E-state index contributed by atoms with van der Waals surface area (Å²) >= 11 is 0. The van der Waals surface area contributed by atoms with Crippen molar-refractivity contribution in [3.8, 4) is 0 Å². The summed E-state index contributed by atoms with van der Waals surface area (Å²) in [5.74, 6) is 0. The van der Waals surface area contributed by atoms with Crippen LogP contribution >= 0.6 is 0 Å². The molecule has 18 heteroatoms. The third kappa shape index (κ3) is 38.8. The van der Waals surface area contributed by atoms with E-state index in [0.717, 1.165) is 25.0 Å². The van der Waals surface area contributed by atoms with E-state index in [1.807, 2.05) is 0 Å². The highest BCUT2D eigenvalue weighted by Gasteiger charge is 2.02. The predicted molar refractivity (Wildman–Crippen MR) is 127 cm³/mol. The molecule has 34 heavy (non-hydrogen) atoms. The molecule has 0 aliphatic rings. The molecule has 14 nitrogen and oxygen atoms in total. The molecule has 0 spiro atoms. The van der Waals surface area contributed by atoms with Gasteiger partial charge in [0.2, 0.25) is 0 Å². The molecule has 0 unspecified atom stereocenters. The quantitative estimate of drug-likeness (QED) is 0.126. The van der Waals surface area contributed by atoms with Gasteiger partial charge in [0.15, 0.2) is 0 Å². The minimum atomic E-state index is -3.36. The lowest BCUT2D eigenvalue weighted by Crippen LogP contribution is -2.20. The van der Waals surface area contributed by atoms with Gasteiger partial charge in [0.05, 0.1) is 51.5 Å². The predicted octanol–water partition coefficient (Wildman–Crippen LogP) is -1.38. The van der Waals surface area contributed by atoms with Crippen molar-refractivity contribution in [2.75, 3.05) is 77.6 Å². The molecule has 0 aliphatic heterocycles. The Balaban J connectivity index is 0. The Labute approximate surface area is 204 Å². The summed E-state index contributed by atoms with van der Waals surface area (Å²) in [5, 5.41) is 6.02.